The van der Waals surface area contributed by atoms with Gasteiger partial charge in [-0.05, 0) is 24.2 Å². The molecule has 0 bridgehead atoms. The summed E-state index contributed by atoms with van der Waals surface area (Å²) in [6.45, 7) is 7.36. The van der Waals surface area contributed by atoms with E-state index < -0.39 is 0 Å². The van der Waals surface area contributed by atoms with E-state index in [1.807, 2.05) is 6.07 Å². The summed E-state index contributed by atoms with van der Waals surface area (Å²) in [6, 6.07) is 3.71. The maximum atomic E-state index is 5.40. The van der Waals surface area contributed by atoms with E-state index >= 15 is 0 Å². The Hall–Kier alpha value is -1.47. The third-order valence-electron chi connectivity index (χ3n) is 1.64. The summed E-state index contributed by atoms with van der Waals surface area (Å²) >= 11 is 0. The van der Waals surface area contributed by atoms with Crippen LogP contribution in [0.15, 0.2) is 47.7 Å². The van der Waals surface area contributed by atoms with Crippen LogP contribution in [0.5, 0.6) is 5.88 Å². The topological polar surface area (TPSA) is 34.5 Å². The van der Waals surface area contributed by atoms with Crippen molar-refractivity contribution < 1.29 is 4.74 Å². The highest BCUT2D eigenvalue weighted by molar-refractivity contribution is 7.27. The molecule has 0 saturated carbocycles. The van der Waals surface area contributed by atoms with E-state index in [-0.39, 0.29) is 0 Å². The second-order valence-electron chi connectivity index (χ2n) is 2.77. The predicted molar refractivity (Wildman–Crippen MR) is 66.9 cm³/mol. The van der Waals surface area contributed by atoms with Crippen molar-refractivity contribution in [2.45, 2.75) is 0 Å². The minimum atomic E-state index is 0.346. The Morgan fingerprint density at radius 1 is 1.60 bits per heavy atom. The van der Waals surface area contributed by atoms with Gasteiger partial charge in [0.05, 0.1) is 5.70 Å². The van der Waals surface area contributed by atoms with Crippen LogP contribution in [0.4, 0.5) is 0 Å². The lowest BCUT2D eigenvalue weighted by atomic mass is 10.4. The van der Waals surface area contributed by atoms with E-state index in [9.17, 15) is 0 Å². The summed E-state index contributed by atoms with van der Waals surface area (Å²) in [4.78, 5) is 7.88. The first-order chi connectivity index (χ1) is 7.26. The fourth-order valence-electron chi connectivity index (χ4n) is 0.907. The van der Waals surface area contributed by atoms with E-state index in [4.69, 9.17) is 4.74 Å². The van der Waals surface area contributed by atoms with Gasteiger partial charge in [0.2, 0.25) is 5.88 Å². The van der Waals surface area contributed by atoms with Crippen LogP contribution in [0.1, 0.15) is 0 Å². The maximum Gasteiger partial charge on any atom is 0.213 e. The number of nitrogens with zero attached hydrogens (tertiary/aromatic N) is 2. The average molecular weight is 220 g/mol. The molecule has 0 aromatic carbocycles. The molecule has 0 amide bonds. The normalized spacial score (nSPS) is 10.9. The van der Waals surface area contributed by atoms with Gasteiger partial charge in [-0.25, -0.2) is 4.98 Å². The number of hydrogen-bond acceptors (Lipinski definition) is 3. The number of aromatic nitrogens is 1. The molecule has 1 rings (SSSR count). The van der Waals surface area contributed by atoms with Gasteiger partial charge in [0.15, 0.2) is 0 Å². The molecule has 0 fully saturated rings. The summed E-state index contributed by atoms with van der Waals surface area (Å²) in [5, 5.41) is 1.02. The number of pyridine rings is 1. The Bertz CT molecular complexity index is 371. The van der Waals surface area contributed by atoms with Gasteiger partial charge >= 0.3 is 0 Å². The average Bonchev–Trinajstić information content (AvgIpc) is 2.26. The molecule has 0 N–H and O–H groups in total. The number of rotatable bonds is 5. The molecule has 0 aliphatic rings. The van der Waals surface area contributed by atoms with Crippen molar-refractivity contribution in [3.05, 3.63) is 42.8 Å². The second-order valence-corrected chi connectivity index (χ2v) is 3.44. The largest absolute Gasteiger partial charge is 0.471 e. The van der Waals surface area contributed by atoms with Crippen LogP contribution in [-0.4, -0.2) is 18.3 Å². The molecule has 1 unspecified atom stereocenters. The number of hydrogen-bond donors (Lipinski definition) is 0. The molecular formula is C11H13N2OP. The van der Waals surface area contributed by atoms with E-state index in [1.54, 1.807) is 24.4 Å². The zero-order valence-electron chi connectivity index (χ0n) is 8.39. The van der Waals surface area contributed by atoms with Crippen molar-refractivity contribution in [2.75, 3.05) is 6.61 Å². The van der Waals surface area contributed by atoms with Crippen LogP contribution in [0.3, 0.4) is 0 Å². The van der Waals surface area contributed by atoms with Crippen molar-refractivity contribution in [3.63, 3.8) is 0 Å². The number of allylic oxidation sites excluding steroid dienone is 2. The molecule has 1 atom stereocenters. The van der Waals surface area contributed by atoms with Crippen molar-refractivity contribution in [1.82, 2.24) is 4.98 Å². The lowest BCUT2D eigenvalue weighted by molar-refractivity contribution is 0.337. The summed E-state index contributed by atoms with van der Waals surface area (Å²) in [7, 11) is 2.56. The molecule has 0 aliphatic carbocycles. The molecule has 15 heavy (non-hydrogen) atoms. The van der Waals surface area contributed by atoms with Crippen LogP contribution in [0.2, 0.25) is 0 Å². The van der Waals surface area contributed by atoms with Crippen LogP contribution in [0, 0.1) is 0 Å². The summed E-state index contributed by atoms with van der Waals surface area (Å²) < 4.78 is 5.40. The predicted octanol–water partition coefficient (Wildman–Crippen LogP) is 1.73. The van der Waals surface area contributed by atoms with Crippen molar-refractivity contribution in [2.24, 2.45) is 4.99 Å². The Kier molecular flexibility index (Phi) is 4.72. The van der Waals surface area contributed by atoms with E-state index in [0.717, 1.165) is 11.0 Å². The van der Waals surface area contributed by atoms with Crippen LogP contribution >= 0.6 is 9.24 Å². The monoisotopic (exact) mass is 220 g/mol. The third kappa shape index (κ3) is 4.05. The van der Waals surface area contributed by atoms with E-state index in [1.165, 1.54) is 0 Å². The Labute approximate surface area is 91.8 Å². The van der Waals surface area contributed by atoms with Gasteiger partial charge in [-0.3, -0.25) is 4.99 Å². The summed E-state index contributed by atoms with van der Waals surface area (Å²) in [6.07, 6.45) is 5.11. The summed E-state index contributed by atoms with van der Waals surface area (Å²) in [5.74, 6) is 0.569. The SMILES string of the molecule is C=C/C=C(/COc1ccc(P)cn1)N=C. The van der Waals surface area contributed by atoms with Gasteiger partial charge < -0.3 is 4.74 Å². The van der Waals surface area contributed by atoms with E-state index in [2.05, 4.69) is 32.5 Å². The Balaban J connectivity index is 2.56. The van der Waals surface area contributed by atoms with Crippen LogP contribution in [0.25, 0.3) is 0 Å². The van der Waals surface area contributed by atoms with Crippen molar-refractivity contribution >= 4 is 21.3 Å². The van der Waals surface area contributed by atoms with Crippen molar-refractivity contribution in [1.29, 1.82) is 0 Å². The molecule has 1 heterocycles. The van der Waals surface area contributed by atoms with Gasteiger partial charge in [0.25, 0.3) is 0 Å². The third-order valence-corrected chi connectivity index (χ3v) is 1.98. The highest BCUT2D eigenvalue weighted by atomic mass is 31.0. The smallest absolute Gasteiger partial charge is 0.213 e. The molecule has 0 spiro atoms. The quantitative estimate of drug-likeness (QED) is 0.430. The molecule has 0 radical (unpaired) electrons. The molecular weight excluding hydrogens is 207 g/mol. The van der Waals surface area contributed by atoms with Gasteiger partial charge in [-0.1, -0.05) is 12.7 Å². The van der Waals surface area contributed by atoms with Crippen molar-refractivity contribution in [3.8, 4) is 5.88 Å². The van der Waals surface area contributed by atoms with Crippen LogP contribution < -0.4 is 10.0 Å². The van der Waals surface area contributed by atoms with E-state index in [0.29, 0.717) is 12.5 Å². The molecule has 1 aromatic rings. The fourth-order valence-corrected chi connectivity index (χ4v) is 1.08. The van der Waals surface area contributed by atoms with Gasteiger partial charge in [-0.15, -0.1) is 9.24 Å². The molecule has 1 aromatic heterocycles. The molecule has 0 saturated heterocycles. The Morgan fingerprint density at radius 3 is 2.93 bits per heavy atom. The van der Waals surface area contributed by atoms with Crippen LogP contribution in [-0.2, 0) is 0 Å². The minimum absolute atomic E-state index is 0.346. The first-order valence-corrected chi connectivity index (χ1v) is 4.96. The summed E-state index contributed by atoms with van der Waals surface area (Å²) in [5.41, 5.74) is 0.724. The molecule has 3 nitrogen and oxygen atoms in total. The Morgan fingerprint density at radius 2 is 2.40 bits per heavy atom. The standard InChI is InChI=1S/C11H13N2OP/c1-3-4-9(12-2)8-14-11-6-5-10(15)7-13-11/h3-7H,1-2,8,15H2/b9-4-. The highest BCUT2D eigenvalue weighted by Gasteiger charge is 1.96. The lowest BCUT2D eigenvalue weighted by Gasteiger charge is -2.04. The zero-order chi connectivity index (χ0) is 11.1. The minimum Gasteiger partial charge on any atom is -0.471 e. The molecule has 4 heteroatoms. The second kappa shape index (κ2) is 6.10. The first-order valence-electron chi connectivity index (χ1n) is 4.39. The van der Waals surface area contributed by atoms with Gasteiger partial charge in [-0.2, -0.15) is 0 Å². The highest BCUT2D eigenvalue weighted by Crippen LogP contribution is 2.06. The first kappa shape index (κ1) is 11.6. The van der Waals surface area contributed by atoms with Gasteiger partial charge in [0.1, 0.15) is 6.61 Å². The lowest BCUT2D eigenvalue weighted by Crippen LogP contribution is -2.02. The fraction of sp³-hybridized carbons (Fsp3) is 0.0909. The zero-order valence-corrected chi connectivity index (χ0v) is 9.54. The van der Waals surface area contributed by atoms with Gasteiger partial charge in [0, 0.05) is 12.3 Å². The molecule has 0 aliphatic heterocycles. The number of ether oxygens (including phenoxy) is 1. The number of aliphatic imine (C=N–C) groups is 1. The maximum absolute atomic E-state index is 5.40. The molecule has 78 valence electrons.